The van der Waals surface area contributed by atoms with Crippen LogP contribution in [0.2, 0.25) is 0 Å². The number of carbonyl (C=O) groups is 4. The van der Waals surface area contributed by atoms with Gasteiger partial charge in [0, 0.05) is 12.2 Å². The van der Waals surface area contributed by atoms with Crippen LogP contribution in [0.1, 0.15) is 64.7 Å². The highest BCUT2D eigenvalue weighted by Crippen LogP contribution is 2.36. The number of allylic oxidation sites excluding steroid dienone is 6. The van der Waals surface area contributed by atoms with Gasteiger partial charge in [-0.1, -0.05) is 42.5 Å². The number of imide groups is 2. The van der Waals surface area contributed by atoms with Crippen LogP contribution in [0.4, 0.5) is 11.4 Å². The van der Waals surface area contributed by atoms with Crippen LogP contribution in [0.25, 0.3) is 11.1 Å². The van der Waals surface area contributed by atoms with Crippen LogP contribution in [0, 0.1) is 13.8 Å². The molecule has 1 unspecified atom stereocenters. The molecule has 2 aliphatic rings. The molecule has 0 aliphatic carbocycles. The fraction of sp³-hybridized carbons (Fsp3) is 0.214. The third-order valence-electron chi connectivity index (χ3n) is 10.8. The third-order valence-corrected chi connectivity index (χ3v) is 10.8. The summed E-state index contributed by atoms with van der Waals surface area (Å²) >= 11 is 0. The predicted molar refractivity (Wildman–Crippen MR) is 262 cm³/mol. The normalized spacial score (nSPS) is 15.8. The van der Waals surface area contributed by atoms with E-state index in [2.05, 4.69) is 31.3 Å². The van der Waals surface area contributed by atoms with E-state index in [9.17, 15) is 19.2 Å². The molecule has 0 spiro atoms. The van der Waals surface area contributed by atoms with Crippen LogP contribution in [-0.4, -0.2) is 35.3 Å². The second-order valence-electron chi connectivity index (χ2n) is 17.7. The van der Waals surface area contributed by atoms with Crippen LogP contribution >= 0.6 is 0 Å². The van der Waals surface area contributed by atoms with E-state index in [0.717, 1.165) is 38.5 Å². The first-order chi connectivity index (χ1) is 32.0. The Hall–Kier alpha value is -7.92. The molecule has 2 heterocycles. The molecule has 0 saturated carbocycles. The number of hydrogen-bond donors (Lipinski definition) is 1. The average Bonchev–Trinajstić information content (AvgIpc) is 3.78. The molecule has 342 valence electrons. The zero-order valence-corrected chi connectivity index (χ0v) is 39.0. The van der Waals surface area contributed by atoms with E-state index in [1.165, 1.54) is 17.1 Å². The van der Waals surface area contributed by atoms with Crippen molar-refractivity contribution in [2.24, 2.45) is 0 Å². The molecule has 5 aromatic carbocycles. The van der Waals surface area contributed by atoms with Crippen molar-refractivity contribution in [1.29, 1.82) is 0 Å². The van der Waals surface area contributed by atoms with Gasteiger partial charge in [-0.3, -0.25) is 19.2 Å². The third kappa shape index (κ3) is 11.7. The summed E-state index contributed by atoms with van der Waals surface area (Å²) in [5.74, 6) is 2.51. The summed E-state index contributed by atoms with van der Waals surface area (Å²) in [5.41, 5.74) is 5.04. The van der Waals surface area contributed by atoms with E-state index < -0.39 is 11.6 Å². The van der Waals surface area contributed by atoms with Gasteiger partial charge < -0.3 is 24.3 Å². The minimum atomic E-state index is -0.710. The monoisotopic (exact) mass is 897 g/mol. The van der Waals surface area contributed by atoms with Gasteiger partial charge in [0.05, 0.1) is 17.8 Å². The highest BCUT2D eigenvalue weighted by atomic mass is 16.5. The molecule has 1 N–H and O–H groups in total. The number of nitrogens with zero attached hydrogens (tertiary/aromatic N) is 2. The van der Waals surface area contributed by atoms with Crippen LogP contribution < -0.4 is 29.3 Å². The van der Waals surface area contributed by atoms with E-state index in [0.29, 0.717) is 40.1 Å². The fourth-order valence-electron chi connectivity index (χ4n) is 7.53. The Morgan fingerprint density at radius 1 is 0.642 bits per heavy atom. The lowest BCUT2D eigenvalue weighted by atomic mass is 9.93. The summed E-state index contributed by atoms with van der Waals surface area (Å²) < 4.78 is 24.8. The Kier molecular flexibility index (Phi) is 14.1. The van der Waals surface area contributed by atoms with E-state index in [-0.39, 0.29) is 35.7 Å². The standard InChI is InChI=1S/C56H55N3O8/c1-9-10-13-48(66-56(7,8)41-34-37(2)53(38(3)35-41)67-55(4,5)6)14-11-12-33-57-49-36-52(62)59(54(49)63)43-21-29-47(30-22-43)65-45-25-17-40(18-26-45)39-15-23-44(24-16-39)64-46-27-19-42(20-28-46)58-50(60)31-32-51(58)61/h9-35,49,57H,36H2,1-8H3/b10-9-,14-11-,33-12+,48-13+. The van der Waals surface area contributed by atoms with E-state index >= 15 is 0 Å². The average molecular weight is 898 g/mol. The highest BCUT2D eigenvalue weighted by molar-refractivity contribution is 6.28. The number of ether oxygens (including phenoxy) is 4. The Labute approximate surface area is 392 Å². The maximum atomic E-state index is 13.4. The molecule has 0 aromatic heterocycles. The number of nitrogens with one attached hydrogen (secondary N) is 1. The second-order valence-corrected chi connectivity index (χ2v) is 17.7. The van der Waals surface area contributed by atoms with Gasteiger partial charge in [0.25, 0.3) is 17.7 Å². The van der Waals surface area contributed by atoms with Crippen LogP contribution in [-0.2, 0) is 29.5 Å². The first-order valence-corrected chi connectivity index (χ1v) is 22.1. The summed E-state index contributed by atoms with van der Waals surface area (Å²) in [6.07, 6.45) is 15.4. The number of carbonyl (C=O) groups excluding carboxylic acids is 4. The number of rotatable bonds is 16. The number of amides is 4. The van der Waals surface area contributed by atoms with Gasteiger partial charge in [0.2, 0.25) is 5.91 Å². The van der Waals surface area contributed by atoms with Crippen molar-refractivity contribution in [1.82, 2.24) is 5.32 Å². The molecule has 1 saturated heterocycles. The van der Waals surface area contributed by atoms with E-state index in [1.807, 2.05) is 120 Å². The first-order valence-electron chi connectivity index (χ1n) is 22.1. The summed E-state index contributed by atoms with van der Waals surface area (Å²) in [6.45, 7) is 16.2. The molecule has 67 heavy (non-hydrogen) atoms. The van der Waals surface area contributed by atoms with Crippen molar-refractivity contribution in [2.75, 3.05) is 9.80 Å². The maximum Gasteiger partial charge on any atom is 0.258 e. The van der Waals surface area contributed by atoms with Crippen LogP contribution in [0.5, 0.6) is 28.7 Å². The van der Waals surface area contributed by atoms with Crippen molar-refractivity contribution < 1.29 is 38.1 Å². The maximum absolute atomic E-state index is 13.4. The van der Waals surface area contributed by atoms with Gasteiger partial charge >= 0.3 is 0 Å². The summed E-state index contributed by atoms with van der Waals surface area (Å²) in [5, 5.41) is 3.09. The van der Waals surface area contributed by atoms with Gasteiger partial charge in [-0.05, 0) is 193 Å². The molecule has 0 radical (unpaired) electrons. The minimum absolute atomic E-state index is 0.0223. The lowest BCUT2D eigenvalue weighted by Gasteiger charge is -2.30. The Morgan fingerprint density at radius 2 is 1.12 bits per heavy atom. The van der Waals surface area contributed by atoms with Crippen LogP contribution in [0.3, 0.4) is 0 Å². The molecule has 4 amide bonds. The van der Waals surface area contributed by atoms with Gasteiger partial charge in [0.15, 0.2) is 0 Å². The molecule has 1 fully saturated rings. The fourth-order valence-corrected chi connectivity index (χ4v) is 7.53. The molecule has 11 nitrogen and oxygen atoms in total. The number of anilines is 2. The Balaban J connectivity index is 0.897. The van der Waals surface area contributed by atoms with E-state index in [4.69, 9.17) is 18.9 Å². The van der Waals surface area contributed by atoms with Crippen molar-refractivity contribution >= 4 is 35.0 Å². The van der Waals surface area contributed by atoms with Gasteiger partial charge in [-0.2, -0.15) is 0 Å². The summed E-state index contributed by atoms with van der Waals surface area (Å²) in [6, 6.07) is 32.4. The SMILES string of the molecule is C\C=C/C=C(\C=C/C=C/NC1CC(=O)N(c2ccc(Oc3ccc(-c4ccc(Oc5ccc(N6C(=O)C=CC6=O)cc5)cc4)cc3)cc2)C1=O)OC(C)(C)c1cc(C)c(OC(C)(C)C)c(C)c1. The van der Waals surface area contributed by atoms with Gasteiger partial charge in [0.1, 0.15) is 51.8 Å². The van der Waals surface area contributed by atoms with Crippen molar-refractivity contribution in [3.05, 3.63) is 186 Å². The molecule has 5 aromatic rings. The molecule has 7 rings (SSSR count). The van der Waals surface area contributed by atoms with E-state index in [1.54, 1.807) is 60.8 Å². The molecule has 0 bridgehead atoms. The number of hydrogen-bond acceptors (Lipinski definition) is 9. The minimum Gasteiger partial charge on any atom is -0.488 e. The Morgan fingerprint density at radius 3 is 1.60 bits per heavy atom. The predicted octanol–water partition coefficient (Wildman–Crippen LogP) is 11.9. The number of aryl methyl sites for hydroxylation is 2. The molecular formula is C56H55N3O8. The van der Waals surface area contributed by atoms with Gasteiger partial charge in [-0.15, -0.1) is 0 Å². The molecular weight excluding hydrogens is 843 g/mol. The zero-order chi connectivity index (χ0) is 47.9. The Bertz CT molecular complexity index is 2750. The van der Waals surface area contributed by atoms with Crippen molar-refractivity contribution in [2.45, 2.75) is 79.1 Å². The second kappa shape index (κ2) is 20.1. The topological polar surface area (TPSA) is 124 Å². The first kappa shape index (κ1) is 47.1. The van der Waals surface area contributed by atoms with Crippen molar-refractivity contribution in [3.63, 3.8) is 0 Å². The molecule has 11 heteroatoms. The molecule has 1 atom stereocenters. The summed E-state index contributed by atoms with van der Waals surface area (Å²) in [4.78, 5) is 52.7. The van der Waals surface area contributed by atoms with Crippen LogP contribution in [0.15, 0.2) is 170 Å². The smallest absolute Gasteiger partial charge is 0.258 e. The highest BCUT2D eigenvalue weighted by Gasteiger charge is 2.39. The lowest BCUT2D eigenvalue weighted by molar-refractivity contribution is -0.122. The summed E-state index contributed by atoms with van der Waals surface area (Å²) in [7, 11) is 0. The quantitative estimate of drug-likeness (QED) is 0.0585. The number of benzene rings is 5. The largest absolute Gasteiger partial charge is 0.488 e. The zero-order valence-electron chi connectivity index (χ0n) is 39.0. The molecule has 2 aliphatic heterocycles. The van der Waals surface area contributed by atoms with Crippen molar-refractivity contribution in [3.8, 4) is 39.9 Å². The van der Waals surface area contributed by atoms with Gasteiger partial charge in [-0.25, -0.2) is 9.80 Å². The lowest BCUT2D eigenvalue weighted by Crippen LogP contribution is -2.36.